The van der Waals surface area contributed by atoms with Gasteiger partial charge in [0.05, 0.1) is 4.92 Å². The van der Waals surface area contributed by atoms with Crippen molar-refractivity contribution in [3.63, 3.8) is 0 Å². The Morgan fingerprint density at radius 3 is 1.93 bits per heavy atom. The summed E-state index contributed by atoms with van der Waals surface area (Å²) in [5, 5.41) is 14.5. The third-order valence-corrected chi connectivity index (χ3v) is 4.57. The van der Waals surface area contributed by atoms with E-state index < -0.39 is 0 Å². The zero-order valence-electron chi connectivity index (χ0n) is 15.1. The van der Waals surface area contributed by atoms with Crippen LogP contribution in [0.4, 0.5) is 17.1 Å². The Kier molecular flexibility index (Phi) is 4.85. The Balaban J connectivity index is 1.88. The van der Waals surface area contributed by atoms with Crippen molar-refractivity contribution in [1.29, 1.82) is 0 Å². The SMILES string of the molecule is O=[N+]([O-])c1ccc(-c2c(Nc3ccccc3)cccc2-c2ccccc2)cc1. The van der Waals surface area contributed by atoms with E-state index in [2.05, 4.69) is 23.5 Å². The van der Waals surface area contributed by atoms with Gasteiger partial charge in [-0.25, -0.2) is 0 Å². The van der Waals surface area contributed by atoms with Gasteiger partial charge >= 0.3 is 0 Å². The van der Waals surface area contributed by atoms with Crippen LogP contribution in [0, 0.1) is 10.1 Å². The molecule has 136 valence electrons. The van der Waals surface area contributed by atoms with E-state index in [0.29, 0.717) is 0 Å². The van der Waals surface area contributed by atoms with Gasteiger partial charge in [-0.05, 0) is 47.0 Å². The van der Waals surface area contributed by atoms with Crippen molar-refractivity contribution in [3.8, 4) is 22.3 Å². The molecule has 4 nitrogen and oxygen atoms in total. The Morgan fingerprint density at radius 1 is 0.643 bits per heavy atom. The summed E-state index contributed by atoms with van der Waals surface area (Å²) in [4.78, 5) is 10.7. The summed E-state index contributed by atoms with van der Waals surface area (Å²) in [6, 6.07) is 32.9. The minimum Gasteiger partial charge on any atom is -0.355 e. The molecule has 0 aliphatic rings. The van der Waals surface area contributed by atoms with Crippen LogP contribution in [-0.2, 0) is 0 Å². The standard InChI is InChI=1S/C24H18N2O2/c27-26(28)21-16-14-19(15-17-21)24-22(18-8-3-1-4-9-18)12-7-13-23(24)25-20-10-5-2-6-11-20/h1-17,25H. The maximum Gasteiger partial charge on any atom is 0.269 e. The van der Waals surface area contributed by atoms with E-state index in [0.717, 1.165) is 33.6 Å². The van der Waals surface area contributed by atoms with E-state index in [4.69, 9.17) is 0 Å². The average molecular weight is 366 g/mol. The minimum atomic E-state index is -0.379. The summed E-state index contributed by atoms with van der Waals surface area (Å²) in [5.41, 5.74) is 6.09. The Labute approximate surface area is 163 Å². The normalized spacial score (nSPS) is 10.4. The van der Waals surface area contributed by atoms with E-state index in [-0.39, 0.29) is 10.6 Å². The van der Waals surface area contributed by atoms with Crippen LogP contribution >= 0.6 is 0 Å². The fraction of sp³-hybridized carbons (Fsp3) is 0. The molecule has 4 heteroatoms. The van der Waals surface area contributed by atoms with Gasteiger partial charge in [0.1, 0.15) is 0 Å². The van der Waals surface area contributed by atoms with Crippen molar-refractivity contribution in [2.45, 2.75) is 0 Å². The number of non-ortho nitro benzene ring substituents is 1. The molecular weight excluding hydrogens is 348 g/mol. The van der Waals surface area contributed by atoms with Gasteiger partial charge in [0.2, 0.25) is 0 Å². The first-order valence-electron chi connectivity index (χ1n) is 8.98. The zero-order chi connectivity index (χ0) is 19.3. The summed E-state index contributed by atoms with van der Waals surface area (Å²) in [7, 11) is 0. The van der Waals surface area contributed by atoms with Gasteiger partial charge in [0.15, 0.2) is 0 Å². The van der Waals surface area contributed by atoms with Gasteiger partial charge in [-0.2, -0.15) is 0 Å². The Morgan fingerprint density at radius 2 is 1.29 bits per heavy atom. The highest BCUT2D eigenvalue weighted by Crippen LogP contribution is 2.39. The zero-order valence-corrected chi connectivity index (χ0v) is 15.1. The van der Waals surface area contributed by atoms with Gasteiger partial charge < -0.3 is 5.32 Å². The molecule has 4 aromatic carbocycles. The van der Waals surface area contributed by atoms with Crippen molar-refractivity contribution < 1.29 is 4.92 Å². The van der Waals surface area contributed by atoms with E-state index in [1.54, 1.807) is 24.3 Å². The molecule has 0 heterocycles. The van der Waals surface area contributed by atoms with Crippen molar-refractivity contribution in [3.05, 3.63) is 113 Å². The lowest BCUT2D eigenvalue weighted by atomic mass is 9.92. The molecule has 4 aromatic rings. The quantitative estimate of drug-likeness (QED) is 0.317. The van der Waals surface area contributed by atoms with Crippen molar-refractivity contribution in [2.75, 3.05) is 5.32 Å². The molecule has 4 rings (SSSR count). The number of hydrogen-bond acceptors (Lipinski definition) is 3. The minimum absolute atomic E-state index is 0.0820. The summed E-state index contributed by atoms with van der Waals surface area (Å²) in [6.45, 7) is 0. The number of anilines is 2. The molecule has 0 aliphatic carbocycles. The number of hydrogen-bond donors (Lipinski definition) is 1. The highest BCUT2D eigenvalue weighted by molar-refractivity contribution is 5.93. The lowest BCUT2D eigenvalue weighted by Crippen LogP contribution is -1.96. The topological polar surface area (TPSA) is 55.2 Å². The fourth-order valence-corrected chi connectivity index (χ4v) is 3.25. The third kappa shape index (κ3) is 3.62. The molecule has 0 saturated carbocycles. The molecule has 0 saturated heterocycles. The lowest BCUT2D eigenvalue weighted by molar-refractivity contribution is -0.384. The fourth-order valence-electron chi connectivity index (χ4n) is 3.25. The third-order valence-electron chi connectivity index (χ3n) is 4.57. The number of para-hydroxylation sites is 1. The lowest BCUT2D eigenvalue weighted by Gasteiger charge is -2.17. The number of nitrogens with one attached hydrogen (secondary N) is 1. The molecule has 0 atom stereocenters. The second-order valence-corrected chi connectivity index (χ2v) is 6.39. The maximum atomic E-state index is 11.0. The summed E-state index contributed by atoms with van der Waals surface area (Å²) in [5.74, 6) is 0. The van der Waals surface area contributed by atoms with Gasteiger partial charge in [0.25, 0.3) is 5.69 Å². The second-order valence-electron chi connectivity index (χ2n) is 6.39. The first-order valence-corrected chi connectivity index (χ1v) is 8.98. The number of nitro groups is 1. The van der Waals surface area contributed by atoms with E-state index in [1.807, 2.05) is 60.7 Å². The predicted molar refractivity (Wildman–Crippen MR) is 114 cm³/mol. The van der Waals surface area contributed by atoms with Crippen LogP contribution in [0.1, 0.15) is 0 Å². The largest absolute Gasteiger partial charge is 0.355 e. The van der Waals surface area contributed by atoms with E-state index >= 15 is 0 Å². The van der Waals surface area contributed by atoms with Gasteiger partial charge in [-0.15, -0.1) is 0 Å². The molecule has 0 aromatic heterocycles. The molecule has 0 aliphatic heterocycles. The van der Waals surface area contributed by atoms with Gasteiger partial charge in [-0.3, -0.25) is 10.1 Å². The number of nitrogens with zero attached hydrogens (tertiary/aromatic N) is 1. The monoisotopic (exact) mass is 366 g/mol. The average Bonchev–Trinajstić information content (AvgIpc) is 2.75. The maximum absolute atomic E-state index is 11.0. The molecule has 0 unspecified atom stereocenters. The highest BCUT2D eigenvalue weighted by atomic mass is 16.6. The molecule has 0 spiro atoms. The van der Waals surface area contributed by atoms with Crippen LogP contribution in [0.5, 0.6) is 0 Å². The van der Waals surface area contributed by atoms with Crippen LogP contribution in [0.25, 0.3) is 22.3 Å². The smallest absolute Gasteiger partial charge is 0.269 e. The predicted octanol–water partition coefficient (Wildman–Crippen LogP) is 6.67. The van der Waals surface area contributed by atoms with Crippen LogP contribution in [0.15, 0.2) is 103 Å². The summed E-state index contributed by atoms with van der Waals surface area (Å²) >= 11 is 0. The number of rotatable bonds is 5. The molecule has 0 bridgehead atoms. The van der Waals surface area contributed by atoms with E-state index in [9.17, 15) is 10.1 Å². The highest BCUT2D eigenvalue weighted by Gasteiger charge is 2.14. The molecule has 1 N–H and O–H groups in total. The van der Waals surface area contributed by atoms with Crippen LogP contribution in [-0.4, -0.2) is 4.92 Å². The van der Waals surface area contributed by atoms with Gasteiger partial charge in [-0.1, -0.05) is 60.7 Å². The Bertz CT molecular complexity index is 1090. The van der Waals surface area contributed by atoms with Crippen molar-refractivity contribution >= 4 is 17.1 Å². The molecule has 0 amide bonds. The van der Waals surface area contributed by atoms with E-state index in [1.165, 1.54) is 0 Å². The summed E-state index contributed by atoms with van der Waals surface area (Å²) in [6.07, 6.45) is 0. The van der Waals surface area contributed by atoms with Crippen LogP contribution in [0.2, 0.25) is 0 Å². The van der Waals surface area contributed by atoms with Crippen LogP contribution < -0.4 is 5.32 Å². The first kappa shape index (κ1) is 17.5. The summed E-state index contributed by atoms with van der Waals surface area (Å²) < 4.78 is 0. The first-order chi connectivity index (χ1) is 13.7. The molecule has 0 radical (unpaired) electrons. The number of nitro benzene ring substituents is 1. The van der Waals surface area contributed by atoms with Gasteiger partial charge in [0, 0.05) is 29.1 Å². The number of benzene rings is 4. The van der Waals surface area contributed by atoms with Crippen LogP contribution in [0.3, 0.4) is 0 Å². The molecule has 0 fully saturated rings. The Hall–Kier alpha value is -3.92. The molecule has 28 heavy (non-hydrogen) atoms. The van der Waals surface area contributed by atoms with Crippen molar-refractivity contribution in [1.82, 2.24) is 0 Å². The van der Waals surface area contributed by atoms with Crippen molar-refractivity contribution in [2.24, 2.45) is 0 Å². The second kappa shape index (κ2) is 7.76. The molecular formula is C24H18N2O2.